The lowest BCUT2D eigenvalue weighted by atomic mass is 9.98. The molecule has 0 unspecified atom stereocenters. The molecular weight excluding hydrogens is 512 g/mol. The first kappa shape index (κ1) is 27.1. The highest BCUT2D eigenvalue weighted by atomic mass is 16.7. The van der Waals surface area contributed by atoms with E-state index in [0.29, 0.717) is 60.1 Å². The first-order valence-electron chi connectivity index (χ1n) is 13.0. The summed E-state index contributed by atoms with van der Waals surface area (Å²) >= 11 is 0. The number of nitrogens with zero attached hydrogens (tertiary/aromatic N) is 1. The number of anilines is 2. The van der Waals surface area contributed by atoms with E-state index >= 15 is 0 Å². The minimum atomic E-state index is -1.07. The van der Waals surface area contributed by atoms with E-state index in [1.165, 1.54) is 12.1 Å². The van der Waals surface area contributed by atoms with Crippen LogP contribution in [0.5, 0.6) is 0 Å². The Morgan fingerprint density at radius 1 is 1.02 bits per heavy atom. The van der Waals surface area contributed by atoms with Crippen LogP contribution in [0.15, 0.2) is 66.7 Å². The minimum Gasteiger partial charge on any atom is -0.478 e. The summed E-state index contributed by atoms with van der Waals surface area (Å²) in [5, 5.41) is 15.5. The van der Waals surface area contributed by atoms with E-state index in [4.69, 9.17) is 9.57 Å². The molecule has 0 spiro atoms. The molecule has 0 radical (unpaired) electrons. The predicted octanol–water partition coefficient (Wildman–Crippen LogP) is 3.62. The number of carbonyl (C=O) groups excluding carboxylic acids is 2. The lowest BCUT2D eigenvalue weighted by Crippen LogP contribution is -2.39. The van der Waals surface area contributed by atoms with E-state index < -0.39 is 5.97 Å². The number of benzene rings is 3. The molecule has 3 aromatic rings. The van der Waals surface area contributed by atoms with Crippen molar-refractivity contribution < 1.29 is 29.1 Å². The van der Waals surface area contributed by atoms with Crippen molar-refractivity contribution in [2.75, 3.05) is 50.1 Å². The van der Waals surface area contributed by atoms with Crippen LogP contribution < -0.4 is 16.1 Å². The molecule has 2 amide bonds. The van der Waals surface area contributed by atoms with Gasteiger partial charge in [-0.15, -0.1) is 0 Å². The zero-order chi connectivity index (χ0) is 28.1. The average molecular weight is 543 g/mol. The first-order chi connectivity index (χ1) is 19.4. The van der Waals surface area contributed by atoms with Gasteiger partial charge in [-0.2, -0.15) is 0 Å². The largest absolute Gasteiger partial charge is 0.478 e. The molecule has 5 rings (SSSR count). The number of hydrogen-bond acceptors (Lipinski definition) is 7. The standard InChI is InChI=1S/C30H30N4O6/c1-19-17-22(8-10-23(19)28(35)33-40-16-13-34-11-14-39-15-12-34)31-27(20-5-3-2-4-6-20)26-24-9-7-21(30(37)38)18-25(24)32-29(26)36/h2-10,17-18,31H,11-16H2,1H3,(H,32,36)(H,33,35)(H,37,38)/b27-26+. The molecule has 0 aromatic heterocycles. The Bertz CT molecular complexity index is 1460. The van der Waals surface area contributed by atoms with Gasteiger partial charge < -0.3 is 20.5 Å². The molecule has 0 aliphatic carbocycles. The fourth-order valence-corrected chi connectivity index (χ4v) is 4.75. The number of carboxylic acids is 1. The molecule has 4 N–H and O–H groups in total. The van der Waals surface area contributed by atoms with Crippen molar-refractivity contribution in [1.29, 1.82) is 0 Å². The highest BCUT2D eigenvalue weighted by Gasteiger charge is 2.29. The van der Waals surface area contributed by atoms with Crippen molar-refractivity contribution in [2.45, 2.75) is 6.92 Å². The number of carbonyl (C=O) groups is 3. The van der Waals surface area contributed by atoms with E-state index in [-0.39, 0.29) is 17.4 Å². The zero-order valence-corrected chi connectivity index (χ0v) is 22.0. The van der Waals surface area contributed by atoms with Gasteiger partial charge in [0, 0.05) is 36.4 Å². The number of nitrogens with one attached hydrogen (secondary N) is 3. The quantitative estimate of drug-likeness (QED) is 0.183. The van der Waals surface area contributed by atoms with Gasteiger partial charge >= 0.3 is 5.97 Å². The SMILES string of the molecule is Cc1cc(N/C(=C2/C(=O)Nc3cc(C(=O)O)ccc32)c2ccccc2)ccc1C(=O)NOCCN1CCOCC1. The number of hydrogen-bond donors (Lipinski definition) is 4. The van der Waals surface area contributed by atoms with Crippen molar-refractivity contribution in [3.05, 3.63) is 94.5 Å². The highest BCUT2D eigenvalue weighted by molar-refractivity contribution is 6.37. The Kier molecular flexibility index (Phi) is 8.20. The van der Waals surface area contributed by atoms with Crippen LogP contribution >= 0.6 is 0 Å². The third-order valence-electron chi connectivity index (χ3n) is 6.84. The van der Waals surface area contributed by atoms with Crippen molar-refractivity contribution in [1.82, 2.24) is 10.4 Å². The molecule has 10 heteroatoms. The number of fused-ring (bicyclic) bond motifs is 1. The van der Waals surface area contributed by atoms with Gasteiger partial charge in [0.1, 0.15) is 0 Å². The van der Waals surface area contributed by atoms with Gasteiger partial charge in [0.25, 0.3) is 11.8 Å². The summed E-state index contributed by atoms with van der Waals surface area (Å²) in [5.74, 6) is -1.75. The normalized spacial score (nSPS) is 16.2. The number of amides is 2. The maximum Gasteiger partial charge on any atom is 0.335 e. The van der Waals surface area contributed by atoms with Gasteiger partial charge in [-0.25, -0.2) is 10.3 Å². The van der Waals surface area contributed by atoms with E-state index in [0.717, 1.165) is 24.2 Å². The van der Waals surface area contributed by atoms with Crippen LogP contribution in [0.2, 0.25) is 0 Å². The molecule has 10 nitrogen and oxygen atoms in total. The van der Waals surface area contributed by atoms with Crippen LogP contribution in [0, 0.1) is 6.92 Å². The Morgan fingerprint density at radius 2 is 1.80 bits per heavy atom. The maximum atomic E-state index is 13.1. The van der Waals surface area contributed by atoms with Gasteiger partial charge in [0.05, 0.1) is 42.3 Å². The van der Waals surface area contributed by atoms with E-state index in [2.05, 4.69) is 21.0 Å². The van der Waals surface area contributed by atoms with Crippen LogP contribution in [0.25, 0.3) is 11.3 Å². The van der Waals surface area contributed by atoms with Gasteiger partial charge in [-0.1, -0.05) is 36.4 Å². The predicted molar refractivity (Wildman–Crippen MR) is 151 cm³/mol. The summed E-state index contributed by atoms with van der Waals surface area (Å²) in [6.07, 6.45) is 0. The van der Waals surface area contributed by atoms with Crippen molar-refractivity contribution >= 4 is 40.4 Å². The Labute approximate surface area is 231 Å². The molecule has 2 aliphatic heterocycles. The smallest absolute Gasteiger partial charge is 0.335 e. The third-order valence-corrected chi connectivity index (χ3v) is 6.84. The number of hydroxylamine groups is 1. The number of aromatic carboxylic acids is 1. The molecule has 2 heterocycles. The average Bonchev–Trinajstić information content (AvgIpc) is 3.29. The number of morpholine rings is 1. The molecule has 0 atom stereocenters. The molecule has 3 aromatic carbocycles. The van der Waals surface area contributed by atoms with Crippen LogP contribution in [-0.2, 0) is 14.4 Å². The monoisotopic (exact) mass is 542 g/mol. The number of ether oxygens (including phenoxy) is 1. The summed E-state index contributed by atoms with van der Waals surface area (Å²) in [7, 11) is 0. The van der Waals surface area contributed by atoms with Crippen LogP contribution in [0.1, 0.15) is 37.4 Å². The zero-order valence-electron chi connectivity index (χ0n) is 22.0. The van der Waals surface area contributed by atoms with E-state index in [1.54, 1.807) is 18.2 Å². The number of aryl methyl sites for hydroxylation is 1. The van der Waals surface area contributed by atoms with Crippen molar-refractivity contribution in [3.8, 4) is 0 Å². The summed E-state index contributed by atoms with van der Waals surface area (Å²) in [5.41, 5.74) is 7.24. The lowest BCUT2D eigenvalue weighted by Gasteiger charge is -2.26. The topological polar surface area (TPSA) is 129 Å². The summed E-state index contributed by atoms with van der Waals surface area (Å²) in [4.78, 5) is 44.9. The highest BCUT2D eigenvalue weighted by Crippen LogP contribution is 2.38. The second-order valence-electron chi connectivity index (χ2n) is 9.52. The number of carboxylic acid groups (broad SMARTS) is 1. The van der Waals surface area contributed by atoms with Gasteiger partial charge in [-0.05, 0) is 48.4 Å². The summed E-state index contributed by atoms with van der Waals surface area (Å²) in [6.45, 7) is 6.01. The molecule has 0 bridgehead atoms. The maximum absolute atomic E-state index is 13.1. The molecule has 1 fully saturated rings. The molecular formula is C30H30N4O6. The number of rotatable bonds is 9. The van der Waals surface area contributed by atoms with E-state index in [9.17, 15) is 19.5 Å². The first-order valence-corrected chi connectivity index (χ1v) is 13.0. The molecule has 206 valence electrons. The summed E-state index contributed by atoms with van der Waals surface area (Å²) < 4.78 is 5.34. The Morgan fingerprint density at radius 3 is 2.52 bits per heavy atom. The van der Waals surface area contributed by atoms with E-state index in [1.807, 2.05) is 43.3 Å². The Balaban J connectivity index is 1.35. The minimum absolute atomic E-state index is 0.0871. The van der Waals surface area contributed by atoms with Crippen LogP contribution in [0.3, 0.4) is 0 Å². The van der Waals surface area contributed by atoms with Crippen LogP contribution in [-0.4, -0.2) is 67.2 Å². The lowest BCUT2D eigenvalue weighted by molar-refractivity contribution is -0.110. The fourth-order valence-electron chi connectivity index (χ4n) is 4.75. The fraction of sp³-hybridized carbons (Fsp3) is 0.233. The Hall–Kier alpha value is -4.51. The van der Waals surface area contributed by atoms with Gasteiger partial charge in [-0.3, -0.25) is 19.3 Å². The van der Waals surface area contributed by atoms with Crippen molar-refractivity contribution in [3.63, 3.8) is 0 Å². The molecule has 40 heavy (non-hydrogen) atoms. The molecule has 1 saturated heterocycles. The molecule has 0 saturated carbocycles. The molecule has 2 aliphatic rings. The summed E-state index contributed by atoms with van der Waals surface area (Å²) in [6, 6.07) is 19.2. The third kappa shape index (κ3) is 6.04. The van der Waals surface area contributed by atoms with Crippen molar-refractivity contribution in [2.24, 2.45) is 0 Å². The van der Waals surface area contributed by atoms with Gasteiger partial charge in [0.15, 0.2) is 0 Å². The second kappa shape index (κ2) is 12.1. The van der Waals surface area contributed by atoms with Gasteiger partial charge in [0.2, 0.25) is 0 Å². The van der Waals surface area contributed by atoms with Crippen LogP contribution in [0.4, 0.5) is 11.4 Å². The second-order valence-corrected chi connectivity index (χ2v) is 9.52.